The zero-order valence-corrected chi connectivity index (χ0v) is 15.4. The molecule has 2 aliphatic heterocycles. The summed E-state index contributed by atoms with van der Waals surface area (Å²) in [5.74, 6) is 0.260. The summed E-state index contributed by atoms with van der Waals surface area (Å²) in [6.45, 7) is 10.4. The molecule has 0 saturated carbocycles. The van der Waals surface area contributed by atoms with E-state index in [1.807, 2.05) is 4.90 Å². The van der Waals surface area contributed by atoms with Gasteiger partial charge < -0.3 is 9.64 Å². The summed E-state index contributed by atoms with van der Waals surface area (Å²) < 4.78 is 5.34. The van der Waals surface area contributed by atoms with Gasteiger partial charge in [0.25, 0.3) is 0 Å². The molecule has 2 fully saturated rings. The first-order chi connectivity index (χ1) is 11.7. The van der Waals surface area contributed by atoms with Crippen LogP contribution in [0.1, 0.15) is 24.0 Å². The van der Waals surface area contributed by atoms with Crippen molar-refractivity contribution in [1.82, 2.24) is 19.7 Å². The lowest BCUT2D eigenvalue weighted by Gasteiger charge is -2.36. The fraction of sp³-hybridized carbons (Fsp3) is 0.765. The second kappa shape index (κ2) is 8.89. The molecule has 0 bridgehead atoms. The van der Waals surface area contributed by atoms with Crippen molar-refractivity contribution in [2.45, 2.75) is 26.3 Å². The number of amides is 1. The van der Waals surface area contributed by atoms with Gasteiger partial charge in [0.05, 0.1) is 30.5 Å². The number of hydrogen-bond donors (Lipinski definition) is 0. The predicted molar refractivity (Wildman–Crippen MR) is 95.2 cm³/mol. The Balaban J connectivity index is 1.40. The highest BCUT2D eigenvalue weighted by Crippen LogP contribution is 2.15. The Morgan fingerprint density at radius 1 is 1.17 bits per heavy atom. The zero-order valence-electron chi connectivity index (χ0n) is 14.6. The van der Waals surface area contributed by atoms with Gasteiger partial charge in [0, 0.05) is 51.2 Å². The maximum atomic E-state index is 12.4. The lowest BCUT2D eigenvalue weighted by atomic mass is 10.2. The van der Waals surface area contributed by atoms with Gasteiger partial charge in [-0.25, -0.2) is 4.98 Å². The van der Waals surface area contributed by atoms with Gasteiger partial charge in [-0.15, -0.1) is 11.3 Å². The molecule has 0 aliphatic carbocycles. The predicted octanol–water partition coefficient (Wildman–Crippen LogP) is 1.07. The van der Waals surface area contributed by atoms with Crippen molar-refractivity contribution >= 4 is 17.2 Å². The highest BCUT2D eigenvalue weighted by atomic mass is 32.1. The SMILES string of the molecule is CCCc1nc(CN2CCN(C(=O)CN3CCOCC3)CC2)cs1. The Labute approximate surface area is 148 Å². The largest absolute Gasteiger partial charge is 0.379 e. The summed E-state index contributed by atoms with van der Waals surface area (Å²) in [6, 6.07) is 0. The van der Waals surface area contributed by atoms with Crippen molar-refractivity contribution in [3.8, 4) is 0 Å². The van der Waals surface area contributed by atoms with E-state index in [0.29, 0.717) is 6.54 Å². The molecule has 1 amide bonds. The van der Waals surface area contributed by atoms with Gasteiger partial charge in [-0.1, -0.05) is 6.92 Å². The monoisotopic (exact) mass is 352 g/mol. The number of aromatic nitrogens is 1. The lowest BCUT2D eigenvalue weighted by Crippen LogP contribution is -2.52. The van der Waals surface area contributed by atoms with Crippen molar-refractivity contribution in [1.29, 1.82) is 0 Å². The third-order valence-corrected chi connectivity index (χ3v) is 5.59. The second-order valence-electron chi connectivity index (χ2n) is 6.53. The lowest BCUT2D eigenvalue weighted by molar-refractivity contribution is -0.135. The number of carbonyl (C=O) groups is 1. The van der Waals surface area contributed by atoms with Gasteiger partial charge in [0.15, 0.2) is 0 Å². The van der Waals surface area contributed by atoms with Crippen molar-refractivity contribution in [2.24, 2.45) is 0 Å². The molecule has 2 saturated heterocycles. The first kappa shape index (κ1) is 17.8. The number of morpholine rings is 1. The van der Waals surface area contributed by atoms with Crippen LogP contribution in [0.2, 0.25) is 0 Å². The van der Waals surface area contributed by atoms with Gasteiger partial charge >= 0.3 is 0 Å². The zero-order chi connectivity index (χ0) is 16.8. The van der Waals surface area contributed by atoms with Crippen LogP contribution in [0.5, 0.6) is 0 Å². The first-order valence-corrected chi connectivity index (χ1v) is 9.86. The van der Waals surface area contributed by atoms with Crippen molar-refractivity contribution in [3.63, 3.8) is 0 Å². The van der Waals surface area contributed by atoms with Gasteiger partial charge in [-0.3, -0.25) is 14.6 Å². The van der Waals surface area contributed by atoms with Crippen LogP contribution >= 0.6 is 11.3 Å². The molecule has 6 nitrogen and oxygen atoms in total. The molecular formula is C17H28N4O2S. The summed E-state index contributed by atoms with van der Waals surface area (Å²) in [6.07, 6.45) is 2.23. The maximum Gasteiger partial charge on any atom is 0.236 e. The first-order valence-electron chi connectivity index (χ1n) is 8.98. The molecule has 3 rings (SSSR count). The number of carbonyl (C=O) groups excluding carboxylic acids is 1. The molecule has 0 radical (unpaired) electrons. The van der Waals surface area contributed by atoms with Gasteiger partial charge in [0.1, 0.15) is 0 Å². The summed E-state index contributed by atoms with van der Waals surface area (Å²) >= 11 is 1.77. The molecule has 3 heterocycles. The highest BCUT2D eigenvalue weighted by molar-refractivity contribution is 7.09. The van der Waals surface area contributed by atoms with E-state index in [0.717, 1.165) is 71.9 Å². The smallest absolute Gasteiger partial charge is 0.236 e. The fourth-order valence-corrected chi connectivity index (χ4v) is 4.08. The molecule has 0 unspecified atom stereocenters. The highest BCUT2D eigenvalue weighted by Gasteiger charge is 2.23. The molecule has 0 N–H and O–H groups in total. The summed E-state index contributed by atoms with van der Waals surface area (Å²) in [5, 5.41) is 3.42. The van der Waals surface area contributed by atoms with Crippen molar-refractivity contribution in [3.05, 3.63) is 16.1 Å². The summed E-state index contributed by atoms with van der Waals surface area (Å²) in [5.41, 5.74) is 1.18. The van der Waals surface area contributed by atoms with Crippen LogP contribution in [-0.2, 0) is 22.5 Å². The van der Waals surface area contributed by atoms with Crippen LogP contribution < -0.4 is 0 Å². The molecule has 0 aromatic carbocycles. The standard InChI is InChI=1S/C17H28N4O2S/c1-2-3-16-18-15(14-24-16)12-19-4-6-21(7-5-19)17(22)13-20-8-10-23-11-9-20/h14H,2-13H2,1H3. The van der Waals surface area contributed by atoms with Crippen LogP contribution in [0.3, 0.4) is 0 Å². The van der Waals surface area contributed by atoms with E-state index in [1.165, 1.54) is 10.7 Å². The van der Waals surface area contributed by atoms with Crippen LogP contribution in [0.4, 0.5) is 0 Å². The average Bonchev–Trinajstić information content (AvgIpc) is 3.04. The molecular weight excluding hydrogens is 324 g/mol. The molecule has 2 aliphatic rings. The second-order valence-corrected chi connectivity index (χ2v) is 7.47. The normalized spacial score (nSPS) is 20.5. The number of thiazole rings is 1. The Hall–Kier alpha value is -1.02. The van der Waals surface area contributed by atoms with E-state index in [1.54, 1.807) is 11.3 Å². The van der Waals surface area contributed by atoms with Crippen LogP contribution in [-0.4, -0.2) is 84.6 Å². The third kappa shape index (κ3) is 4.99. The van der Waals surface area contributed by atoms with E-state index in [2.05, 4.69) is 22.1 Å². The number of nitrogens with zero attached hydrogens (tertiary/aromatic N) is 4. The summed E-state index contributed by atoms with van der Waals surface area (Å²) in [4.78, 5) is 23.7. The topological polar surface area (TPSA) is 48.9 Å². The minimum absolute atomic E-state index is 0.260. The maximum absolute atomic E-state index is 12.4. The molecule has 134 valence electrons. The van der Waals surface area contributed by atoms with Gasteiger partial charge in [-0.2, -0.15) is 0 Å². The van der Waals surface area contributed by atoms with Crippen LogP contribution in [0, 0.1) is 0 Å². The molecule has 1 aromatic rings. The number of hydrogen-bond acceptors (Lipinski definition) is 6. The molecule has 24 heavy (non-hydrogen) atoms. The quantitative estimate of drug-likeness (QED) is 0.767. The minimum atomic E-state index is 0.260. The van der Waals surface area contributed by atoms with Gasteiger partial charge in [-0.05, 0) is 12.8 Å². The van der Waals surface area contributed by atoms with E-state index in [4.69, 9.17) is 9.72 Å². The number of aryl methyl sites for hydroxylation is 1. The molecule has 0 spiro atoms. The van der Waals surface area contributed by atoms with Gasteiger partial charge in [0.2, 0.25) is 5.91 Å². The Kier molecular flexibility index (Phi) is 6.59. The summed E-state index contributed by atoms with van der Waals surface area (Å²) in [7, 11) is 0. The van der Waals surface area contributed by atoms with E-state index in [9.17, 15) is 4.79 Å². The number of ether oxygens (including phenoxy) is 1. The van der Waals surface area contributed by atoms with E-state index in [-0.39, 0.29) is 5.91 Å². The van der Waals surface area contributed by atoms with E-state index >= 15 is 0 Å². The number of rotatable bonds is 6. The Bertz CT molecular complexity index is 522. The average molecular weight is 353 g/mol. The molecule has 0 atom stereocenters. The van der Waals surface area contributed by atoms with Crippen LogP contribution in [0.15, 0.2) is 5.38 Å². The van der Waals surface area contributed by atoms with E-state index < -0.39 is 0 Å². The third-order valence-electron chi connectivity index (χ3n) is 4.64. The number of piperazine rings is 1. The van der Waals surface area contributed by atoms with Crippen molar-refractivity contribution < 1.29 is 9.53 Å². The Morgan fingerprint density at radius 3 is 2.62 bits per heavy atom. The van der Waals surface area contributed by atoms with Crippen molar-refractivity contribution in [2.75, 3.05) is 59.0 Å². The Morgan fingerprint density at radius 2 is 1.92 bits per heavy atom. The van der Waals surface area contributed by atoms with Crippen LogP contribution in [0.25, 0.3) is 0 Å². The fourth-order valence-electron chi connectivity index (χ4n) is 3.19. The minimum Gasteiger partial charge on any atom is -0.379 e. The molecule has 1 aromatic heterocycles. The molecule has 7 heteroatoms.